The molecule has 0 aliphatic heterocycles. The van der Waals surface area contributed by atoms with Gasteiger partial charge in [-0.3, -0.25) is 0 Å². The predicted molar refractivity (Wildman–Crippen MR) is 44.6 cm³/mol. The van der Waals surface area contributed by atoms with Crippen LogP contribution in [-0.2, 0) is 0 Å². The maximum Gasteiger partial charge on any atom is 0.230 e. The molecule has 0 bridgehead atoms. The number of hydrazine groups is 1. The zero-order valence-corrected chi connectivity index (χ0v) is 8.11. The van der Waals surface area contributed by atoms with Gasteiger partial charge in [-0.25, -0.2) is 0 Å². The minimum absolute atomic E-state index is 0.226. The van der Waals surface area contributed by atoms with Crippen LogP contribution in [0.4, 0.5) is 0 Å². The highest BCUT2D eigenvalue weighted by atomic mass is 16.6. The zero-order chi connectivity index (χ0) is 9.78. The molecule has 0 spiro atoms. The Morgan fingerprint density at radius 1 is 1.50 bits per heavy atom. The molecule has 0 aromatic carbocycles. The molecule has 0 amide bonds. The summed E-state index contributed by atoms with van der Waals surface area (Å²) in [6, 6.07) is 0. The molecule has 5 nitrogen and oxygen atoms in total. The fourth-order valence-corrected chi connectivity index (χ4v) is 0.938. The standard InChI is InChI=1S/C7H17N3O2/c1-5-6-9(7(2,3)4)10(12)8-11/h11H,5-6H2,1-4H3/b10-8-. The zero-order valence-electron chi connectivity index (χ0n) is 8.11. The van der Waals surface area contributed by atoms with E-state index >= 15 is 0 Å². The summed E-state index contributed by atoms with van der Waals surface area (Å²) in [5.74, 6) is 0. The summed E-state index contributed by atoms with van der Waals surface area (Å²) < 4.78 is 0. The van der Waals surface area contributed by atoms with Crippen LogP contribution < -0.4 is 0 Å². The van der Waals surface area contributed by atoms with E-state index in [9.17, 15) is 5.21 Å². The lowest BCUT2D eigenvalue weighted by Gasteiger charge is -2.29. The third-order valence-electron chi connectivity index (χ3n) is 1.49. The highest BCUT2D eigenvalue weighted by Gasteiger charge is 2.27. The molecule has 0 saturated carbocycles. The summed E-state index contributed by atoms with van der Waals surface area (Å²) in [6.45, 7) is 8.21. The molecule has 72 valence electrons. The van der Waals surface area contributed by atoms with Gasteiger partial charge in [0.05, 0.1) is 17.1 Å². The van der Waals surface area contributed by atoms with Gasteiger partial charge < -0.3 is 10.4 Å². The minimum Gasteiger partial charge on any atom is -0.569 e. The highest BCUT2D eigenvalue weighted by Crippen LogP contribution is 2.13. The summed E-state index contributed by atoms with van der Waals surface area (Å²) in [7, 11) is 0. The molecule has 0 atom stereocenters. The summed E-state index contributed by atoms with van der Waals surface area (Å²) >= 11 is 0. The largest absolute Gasteiger partial charge is 0.569 e. The second-order valence-electron chi connectivity index (χ2n) is 3.64. The summed E-state index contributed by atoms with van der Waals surface area (Å²) in [4.78, 5) is 0.226. The van der Waals surface area contributed by atoms with Crippen molar-refractivity contribution in [3.05, 3.63) is 5.21 Å². The summed E-state index contributed by atoms with van der Waals surface area (Å²) in [5, 5.41) is 23.3. The van der Waals surface area contributed by atoms with Gasteiger partial charge in [0.1, 0.15) is 0 Å². The van der Waals surface area contributed by atoms with Crippen molar-refractivity contribution in [1.82, 2.24) is 5.01 Å². The topological polar surface area (TPSA) is 61.9 Å². The average molecular weight is 175 g/mol. The summed E-state index contributed by atoms with van der Waals surface area (Å²) in [5.41, 5.74) is -0.315. The minimum atomic E-state index is -0.315. The highest BCUT2D eigenvalue weighted by molar-refractivity contribution is 4.68. The Morgan fingerprint density at radius 3 is 2.25 bits per heavy atom. The molecule has 5 heteroatoms. The van der Waals surface area contributed by atoms with Crippen molar-refractivity contribution < 1.29 is 10.2 Å². The molecule has 0 aromatic heterocycles. The molecule has 0 fully saturated rings. The van der Waals surface area contributed by atoms with Gasteiger partial charge in [0.2, 0.25) is 5.28 Å². The Labute approximate surface area is 72.8 Å². The maximum atomic E-state index is 11.0. The average Bonchev–Trinajstić information content (AvgIpc) is 1.96. The molecular formula is C7H17N3O2. The second-order valence-corrected chi connectivity index (χ2v) is 3.64. The van der Waals surface area contributed by atoms with Crippen molar-refractivity contribution >= 4 is 0 Å². The Balaban J connectivity index is 4.44. The molecule has 0 heterocycles. The Morgan fingerprint density at radius 2 is 2.00 bits per heavy atom. The lowest BCUT2D eigenvalue weighted by Crippen LogP contribution is -2.46. The van der Waals surface area contributed by atoms with Crippen LogP contribution in [0.1, 0.15) is 34.1 Å². The molecule has 0 aliphatic carbocycles. The molecule has 0 aliphatic rings. The van der Waals surface area contributed by atoms with E-state index in [0.717, 1.165) is 6.42 Å². The van der Waals surface area contributed by atoms with Crippen molar-refractivity contribution in [1.29, 1.82) is 0 Å². The first-order valence-corrected chi connectivity index (χ1v) is 4.03. The molecule has 0 aromatic rings. The fourth-order valence-electron chi connectivity index (χ4n) is 0.938. The van der Waals surface area contributed by atoms with E-state index in [1.807, 2.05) is 27.7 Å². The van der Waals surface area contributed by atoms with E-state index in [1.54, 1.807) is 0 Å². The smallest absolute Gasteiger partial charge is 0.230 e. The molecule has 0 radical (unpaired) electrons. The maximum absolute atomic E-state index is 11.0. The van der Waals surface area contributed by atoms with Crippen LogP contribution in [0.5, 0.6) is 0 Å². The van der Waals surface area contributed by atoms with Gasteiger partial charge in [-0.2, -0.15) is 0 Å². The van der Waals surface area contributed by atoms with Crippen molar-refractivity contribution in [2.45, 2.75) is 39.7 Å². The van der Waals surface area contributed by atoms with E-state index in [4.69, 9.17) is 5.21 Å². The number of nitrogens with zero attached hydrogens (tertiary/aromatic N) is 3. The third-order valence-corrected chi connectivity index (χ3v) is 1.49. The fraction of sp³-hybridized carbons (Fsp3) is 1.00. The van der Waals surface area contributed by atoms with Gasteiger partial charge in [-0.15, -0.1) is 5.01 Å². The lowest BCUT2D eigenvalue weighted by atomic mass is 10.1. The SMILES string of the molecule is CCCN(/[N+]([O-])=N/O)C(C)(C)C. The predicted octanol–water partition coefficient (Wildman–Crippen LogP) is 1.76. The molecule has 0 rings (SSSR count). The van der Waals surface area contributed by atoms with Crippen molar-refractivity contribution in [2.75, 3.05) is 6.54 Å². The van der Waals surface area contributed by atoms with Gasteiger partial charge in [0, 0.05) is 0 Å². The van der Waals surface area contributed by atoms with Gasteiger partial charge in [-0.1, -0.05) is 6.92 Å². The Bertz CT molecular complexity index is 163. The van der Waals surface area contributed by atoms with Gasteiger partial charge >= 0.3 is 0 Å². The van der Waals surface area contributed by atoms with Crippen molar-refractivity contribution in [2.24, 2.45) is 5.28 Å². The van der Waals surface area contributed by atoms with Crippen LogP contribution in [0.2, 0.25) is 0 Å². The molecular weight excluding hydrogens is 158 g/mol. The second kappa shape index (κ2) is 4.13. The quantitative estimate of drug-likeness (QED) is 0.404. The van der Waals surface area contributed by atoms with E-state index in [1.165, 1.54) is 5.01 Å². The van der Waals surface area contributed by atoms with Gasteiger partial charge in [-0.05, 0) is 27.2 Å². The first-order chi connectivity index (χ1) is 5.43. The molecule has 12 heavy (non-hydrogen) atoms. The van der Waals surface area contributed by atoms with E-state index in [2.05, 4.69) is 5.28 Å². The number of hydrogen-bond donors (Lipinski definition) is 1. The Kier molecular flexibility index (Phi) is 3.79. The molecule has 1 N–H and O–H groups in total. The molecule has 0 unspecified atom stereocenters. The van der Waals surface area contributed by atoms with Crippen LogP contribution >= 0.6 is 0 Å². The third kappa shape index (κ3) is 2.94. The van der Waals surface area contributed by atoms with Gasteiger partial charge in [0.25, 0.3) is 0 Å². The first-order valence-electron chi connectivity index (χ1n) is 4.03. The normalized spacial score (nSPS) is 13.2. The van der Waals surface area contributed by atoms with Gasteiger partial charge in [0.15, 0.2) is 0 Å². The number of rotatable bonds is 3. The van der Waals surface area contributed by atoms with E-state index < -0.39 is 0 Å². The monoisotopic (exact) mass is 175 g/mol. The van der Waals surface area contributed by atoms with Crippen LogP contribution in [0.3, 0.4) is 0 Å². The van der Waals surface area contributed by atoms with Crippen molar-refractivity contribution in [3.63, 3.8) is 0 Å². The van der Waals surface area contributed by atoms with E-state index in [-0.39, 0.29) is 10.5 Å². The Hall–Kier alpha value is -1.00. The van der Waals surface area contributed by atoms with Crippen molar-refractivity contribution in [3.8, 4) is 0 Å². The van der Waals surface area contributed by atoms with Crippen LogP contribution in [0.25, 0.3) is 0 Å². The van der Waals surface area contributed by atoms with Crippen LogP contribution in [0.15, 0.2) is 5.28 Å². The molecule has 0 saturated heterocycles. The first kappa shape index (κ1) is 11.0. The summed E-state index contributed by atoms with van der Waals surface area (Å²) in [6.07, 6.45) is 0.839. The lowest BCUT2D eigenvalue weighted by molar-refractivity contribution is -0.724. The van der Waals surface area contributed by atoms with E-state index in [0.29, 0.717) is 6.54 Å². The number of hydrogen-bond acceptors (Lipinski definition) is 2. The van der Waals surface area contributed by atoms with Crippen LogP contribution in [0, 0.1) is 5.21 Å². The van der Waals surface area contributed by atoms with Crippen LogP contribution in [-0.4, -0.2) is 27.3 Å².